The van der Waals surface area contributed by atoms with E-state index < -0.39 is 0 Å². The van der Waals surface area contributed by atoms with Crippen molar-refractivity contribution in [1.82, 2.24) is 0 Å². The highest BCUT2D eigenvalue weighted by atomic mass is 15.0. The molecule has 0 atom stereocenters. The van der Waals surface area contributed by atoms with Crippen LogP contribution in [0.5, 0.6) is 0 Å². The van der Waals surface area contributed by atoms with E-state index in [0.717, 1.165) is 17.0 Å². The molecule has 0 aliphatic rings. The van der Waals surface area contributed by atoms with E-state index in [-0.39, 0.29) is 0 Å². The largest absolute Gasteiger partial charge is 0.294 e. The summed E-state index contributed by atoms with van der Waals surface area (Å²) < 4.78 is 1.87. The van der Waals surface area contributed by atoms with Crippen LogP contribution in [0, 0.1) is 5.41 Å². The molecule has 3 aromatic rings. The molecule has 3 rings (SSSR count). The third-order valence-electron chi connectivity index (χ3n) is 3.60. The van der Waals surface area contributed by atoms with Crippen LogP contribution in [-0.4, -0.2) is 11.6 Å². The van der Waals surface area contributed by atoms with Crippen LogP contribution < -0.4 is 4.57 Å². The summed E-state index contributed by atoms with van der Waals surface area (Å²) >= 11 is 0. The van der Waals surface area contributed by atoms with E-state index in [4.69, 9.17) is 10.4 Å². The minimum atomic E-state index is 0.638. The highest BCUT2D eigenvalue weighted by Crippen LogP contribution is 2.15. The van der Waals surface area contributed by atoms with Crippen molar-refractivity contribution in [3.8, 4) is 0 Å². The summed E-state index contributed by atoms with van der Waals surface area (Å²) in [6.07, 6.45) is 4.45. The minimum Gasteiger partial charge on any atom is -0.253 e. The lowest BCUT2D eigenvalue weighted by Gasteiger charge is -2.05. The molecule has 3 heteroatoms. The highest BCUT2D eigenvalue weighted by Gasteiger charge is 2.18. The van der Waals surface area contributed by atoms with Gasteiger partial charge in [0.05, 0.1) is 11.6 Å². The maximum absolute atomic E-state index is 7.77. The second-order valence-corrected chi connectivity index (χ2v) is 5.31. The standard InChI is InChI=1S/C21H18N3/c22-17-21(24-14-8-3-9-15-24)20(16-18-10-4-1-5-11-18)23-19-12-6-2-7-13-19/h1-15,22H,16H2/q+1. The molecule has 3 nitrogen and oxygen atoms in total. The molecular formula is C21H18N3+. The van der Waals surface area contributed by atoms with Gasteiger partial charge in [0.15, 0.2) is 12.4 Å². The summed E-state index contributed by atoms with van der Waals surface area (Å²) in [5, 5.41) is 7.77. The van der Waals surface area contributed by atoms with Crippen molar-refractivity contribution in [3.05, 3.63) is 96.8 Å². The third kappa shape index (κ3) is 3.92. The zero-order valence-electron chi connectivity index (χ0n) is 13.3. The van der Waals surface area contributed by atoms with Crippen LogP contribution in [0.15, 0.2) is 96.2 Å². The number of hydrogen-bond acceptors (Lipinski definition) is 2. The molecule has 1 heterocycles. The van der Waals surface area contributed by atoms with Crippen LogP contribution >= 0.6 is 0 Å². The van der Waals surface area contributed by atoms with Crippen molar-refractivity contribution in [2.75, 3.05) is 0 Å². The molecule has 1 N–H and O–H groups in total. The normalized spacial score (nSPS) is 10.9. The Morgan fingerprint density at radius 3 is 2.04 bits per heavy atom. The Morgan fingerprint density at radius 1 is 0.833 bits per heavy atom. The number of hydrogen-bond donors (Lipinski definition) is 1. The smallest absolute Gasteiger partial charge is 0.253 e. The van der Waals surface area contributed by atoms with Crippen molar-refractivity contribution >= 4 is 23.0 Å². The number of nitrogens with zero attached hydrogens (tertiary/aromatic N) is 2. The molecule has 0 aliphatic carbocycles. The number of aromatic nitrogens is 1. The average Bonchev–Trinajstić information content (AvgIpc) is 2.65. The lowest BCUT2D eigenvalue weighted by atomic mass is 10.1. The molecule has 0 spiro atoms. The Kier molecular flexibility index (Phi) is 5.08. The van der Waals surface area contributed by atoms with E-state index in [0.29, 0.717) is 12.1 Å². The number of benzene rings is 2. The first kappa shape index (κ1) is 15.6. The Labute approximate surface area is 141 Å². The van der Waals surface area contributed by atoms with E-state index in [1.54, 1.807) is 0 Å². The SMILES string of the molecule is N=C=C(C(Cc1ccccc1)=Nc1ccccc1)[n+]1ccccc1. The number of para-hydroxylation sites is 1. The summed E-state index contributed by atoms with van der Waals surface area (Å²) in [5.41, 5.74) is 3.46. The highest BCUT2D eigenvalue weighted by molar-refractivity contribution is 6.24. The van der Waals surface area contributed by atoms with Gasteiger partial charge >= 0.3 is 0 Å². The molecule has 0 saturated heterocycles. The monoisotopic (exact) mass is 312 g/mol. The van der Waals surface area contributed by atoms with E-state index in [1.165, 1.54) is 0 Å². The van der Waals surface area contributed by atoms with Crippen molar-refractivity contribution in [1.29, 1.82) is 5.41 Å². The van der Waals surface area contributed by atoms with Gasteiger partial charge in [-0.1, -0.05) is 54.6 Å². The Hall–Kier alpha value is -3.29. The predicted octanol–water partition coefficient (Wildman–Crippen LogP) is 4.08. The molecular weight excluding hydrogens is 294 g/mol. The van der Waals surface area contributed by atoms with Crippen molar-refractivity contribution in [3.63, 3.8) is 0 Å². The van der Waals surface area contributed by atoms with E-state index >= 15 is 0 Å². The number of rotatable bonds is 5. The summed E-state index contributed by atoms with van der Waals surface area (Å²) in [4.78, 5) is 4.78. The summed E-state index contributed by atoms with van der Waals surface area (Å²) in [6.45, 7) is 0. The van der Waals surface area contributed by atoms with Gasteiger partial charge in [0, 0.05) is 18.6 Å². The number of aliphatic imine (C=N–C) groups is 1. The zero-order chi connectivity index (χ0) is 16.6. The molecule has 0 fully saturated rings. The maximum atomic E-state index is 7.77. The third-order valence-corrected chi connectivity index (χ3v) is 3.60. The van der Waals surface area contributed by atoms with E-state index in [1.807, 2.05) is 83.7 Å². The molecule has 116 valence electrons. The second-order valence-electron chi connectivity index (χ2n) is 5.31. The van der Waals surface area contributed by atoms with Crippen LogP contribution in [0.3, 0.4) is 0 Å². The quantitative estimate of drug-likeness (QED) is 0.545. The molecule has 0 saturated carbocycles. The van der Waals surface area contributed by atoms with Crippen LogP contribution in [0.25, 0.3) is 5.70 Å². The van der Waals surface area contributed by atoms with Gasteiger partial charge in [0.25, 0.3) is 5.70 Å². The van der Waals surface area contributed by atoms with Crippen LogP contribution in [0.1, 0.15) is 5.56 Å². The van der Waals surface area contributed by atoms with Gasteiger partial charge in [-0.25, -0.2) is 4.99 Å². The molecule has 0 bridgehead atoms. The van der Waals surface area contributed by atoms with Gasteiger partial charge in [-0.15, -0.1) is 0 Å². The topological polar surface area (TPSA) is 40.1 Å². The molecule has 0 radical (unpaired) electrons. The predicted molar refractivity (Wildman–Crippen MR) is 97.7 cm³/mol. The molecule has 0 unspecified atom stereocenters. The first-order valence-corrected chi connectivity index (χ1v) is 7.80. The van der Waals surface area contributed by atoms with Crippen LogP contribution in [0.2, 0.25) is 0 Å². The van der Waals surface area contributed by atoms with E-state index in [9.17, 15) is 0 Å². The van der Waals surface area contributed by atoms with Gasteiger partial charge in [0.2, 0.25) is 0 Å². The summed E-state index contributed by atoms with van der Waals surface area (Å²) in [6, 6.07) is 25.8. The van der Waals surface area contributed by atoms with Gasteiger partial charge in [-0.05, 0) is 17.7 Å². The first-order valence-electron chi connectivity index (χ1n) is 7.80. The number of pyridine rings is 1. The summed E-state index contributed by atoms with van der Waals surface area (Å²) in [5.74, 6) is 2.56. The van der Waals surface area contributed by atoms with Gasteiger partial charge < -0.3 is 0 Å². The summed E-state index contributed by atoms with van der Waals surface area (Å²) in [7, 11) is 0. The zero-order valence-corrected chi connectivity index (χ0v) is 13.3. The fraction of sp³-hybridized carbons (Fsp3) is 0.0476. The molecule has 24 heavy (non-hydrogen) atoms. The lowest BCUT2D eigenvalue weighted by Crippen LogP contribution is -2.36. The van der Waals surface area contributed by atoms with Gasteiger partial charge in [-0.3, -0.25) is 5.41 Å². The average molecular weight is 312 g/mol. The first-order chi connectivity index (χ1) is 11.9. The van der Waals surface area contributed by atoms with E-state index in [2.05, 4.69) is 18.0 Å². The fourth-order valence-electron chi connectivity index (χ4n) is 2.46. The van der Waals surface area contributed by atoms with Gasteiger partial charge in [-0.2, -0.15) is 4.57 Å². The Morgan fingerprint density at radius 2 is 1.42 bits per heavy atom. The number of nitrogens with one attached hydrogen (secondary N) is 1. The molecule has 1 aromatic heterocycles. The van der Waals surface area contributed by atoms with Crippen LogP contribution in [0.4, 0.5) is 5.69 Å². The molecule has 0 amide bonds. The van der Waals surface area contributed by atoms with Crippen molar-refractivity contribution in [2.24, 2.45) is 4.99 Å². The van der Waals surface area contributed by atoms with Crippen LogP contribution in [-0.2, 0) is 6.42 Å². The fourth-order valence-corrected chi connectivity index (χ4v) is 2.46. The van der Waals surface area contributed by atoms with Crippen molar-refractivity contribution < 1.29 is 4.57 Å². The number of allylic oxidation sites excluding steroid dienone is 1. The Bertz CT molecular complexity index is 863. The molecule has 2 aromatic carbocycles. The Balaban J connectivity index is 2.04. The van der Waals surface area contributed by atoms with Crippen molar-refractivity contribution in [2.45, 2.75) is 6.42 Å². The van der Waals surface area contributed by atoms with Gasteiger partial charge in [0.1, 0.15) is 5.71 Å². The second kappa shape index (κ2) is 7.82. The lowest BCUT2D eigenvalue weighted by molar-refractivity contribution is -0.574. The molecule has 0 aliphatic heterocycles. The maximum Gasteiger partial charge on any atom is 0.294 e. The minimum absolute atomic E-state index is 0.638.